The van der Waals surface area contributed by atoms with E-state index < -0.39 is 4.92 Å². The molecule has 2 rings (SSSR count). The molecule has 110 valence electrons. The van der Waals surface area contributed by atoms with Crippen LogP contribution in [0.4, 0.5) is 11.5 Å². The van der Waals surface area contributed by atoms with Crippen LogP contribution in [0.25, 0.3) is 0 Å². The number of ether oxygens (including phenoxy) is 1. The highest BCUT2D eigenvalue weighted by molar-refractivity contribution is 6.37. The molecule has 0 fully saturated rings. The van der Waals surface area contributed by atoms with Crippen molar-refractivity contribution in [2.75, 3.05) is 12.4 Å². The van der Waals surface area contributed by atoms with Crippen LogP contribution in [0.2, 0.25) is 10.0 Å². The van der Waals surface area contributed by atoms with Gasteiger partial charge >= 0.3 is 0 Å². The Balaban J connectivity index is 2.14. The smallest absolute Gasteiger partial charge is 0.272 e. The molecule has 0 unspecified atom stereocenters. The zero-order chi connectivity index (χ0) is 15.4. The molecule has 0 aliphatic carbocycles. The summed E-state index contributed by atoms with van der Waals surface area (Å²) in [6, 6.07) is 2.36. The third-order valence-corrected chi connectivity index (χ3v) is 3.08. The van der Waals surface area contributed by atoms with Gasteiger partial charge in [-0.15, -0.1) is 0 Å². The molecule has 9 heteroatoms. The molecular weight excluding hydrogens is 319 g/mol. The van der Waals surface area contributed by atoms with Gasteiger partial charge in [-0.25, -0.2) is 4.98 Å². The summed E-state index contributed by atoms with van der Waals surface area (Å²) in [6.07, 6.45) is 3.09. The van der Waals surface area contributed by atoms with E-state index in [1.807, 2.05) is 0 Å². The van der Waals surface area contributed by atoms with E-state index in [-0.39, 0.29) is 28.1 Å². The van der Waals surface area contributed by atoms with Crippen LogP contribution in [0.15, 0.2) is 24.5 Å². The molecule has 1 aromatic heterocycles. The summed E-state index contributed by atoms with van der Waals surface area (Å²) >= 11 is 11.9. The average Bonchev–Trinajstić information content (AvgIpc) is 2.46. The van der Waals surface area contributed by atoms with Crippen LogP contribution in [-0.2, 0) is 6.61 Å². The number of nitrogens with zero attached hydrogens (tertiary/aromatic N) is 3. The number of hydrogen-bond acceptors (Lipinski definition) is 6. The minimum absolute atomic E-state index is 0.0639. The number of nitrogens with one attached hydrogen (secondary N) is 1. The second-order valence-corrected chi connectivity index (χ2v) is 4.74. The Morgan fingerprint density at radius 3 is 2.43 bits per heavy atom. The highest BCUT2D eigenvalue weighted by Crippen LogP contribution is 2.37. The summed E-state index contributed by atoms with van der Waals surface area (Å²) in [6.45, 7) is 0.0915. The maximum absolute atomic E-state index is 10.7. The van der Waals surface area contributed by atoms with Crippen molar-refractivity contribution in [3.8, 4) is 5.75 Å². The first-order valence-electron chi connectivity index (χ1n) is 5.76. The number of hydrogen-bond donors (Lipinski definition) is 1. The molecule has 7 nitrogen and oxygen atoms in total. The van der Waals surface area contributed by atoms with Gasteiger partial charge in [-0.2, -0.15) is 0 Å². The van der Waals surface area contributed by atoms with Crippen molar-refractivity contribution < 1.29 is 9.66 Å². The van der Waals surface area contributed by atoms with Gasteiger partial charge in [0.2, 0.25) is 0 Å². The molecule has 21 heavy (non-hydrogen) atoms. The van der Waals surface area contributed by atoms with Crippen molar-refractivity contribution in [2.45, 2.75) is 6.61 Å². The Bertz CT molecular complexity index is 641. The highest BCUT2D eigenvalue weighted by Gasteiger charge is 2.16. The number of benzene rings is 1. The molecule has 0 amide bonds. The molecule has 0 saturated heterocycles. The van der Waals surface area contributed by atoms with E-state index >= 15 is 0 Å². The zero-order valence-corrected chi connectivity index (χ0v) is 12.4. The minimum Gasteiger partial charge on any atom is -0.484 e. The predicted octanol–water partition coefficient (Wildman–Crippen LogP) is 3.31. The van der Waals surface area contributed by atoms with E-state index in [2.05, 4.69) is 15.3 Å². The molecule has 2 aromatic rings. The molecule has 0 spiro atoms. The van der Waals surface area contributed by atoms with Gasteiger partial charge in [-0.05, 0) is 0 Å². The molecule has 0 radical (unpaired) electrons. The Morgan fingerprint density at radius 2 is 1.95 bits per heavy atom. The van der Waals surface area contributed by atoms with Crippen LogP contribution in [0.3, 0.4) is 0 Å². The molecule has 0 saturated carbocycles. The normalized spacial score (nSPS) is 10.2. The fourth-order valence-electron chi connectivity index (χ4n) is 1.49. The van der Waals surface area contributed by atoms with Crippen LogP contribution in [0.1, 0.15) is 5.69 Å². The summed E-state index contributed by atoms with van der Waals surface area (Å²) < 4.78 is 5.45. The van der Waals surface area contributed by atoms with Crippen LogP contribution in [0.5, 0.6) is 5.75 Å². The van der Waals surface area contributed by atoms with Crippen molar-refractivity contribution >= 4 is 34.7 Å². The fourth-order valence-corrected chi connectivity index (χ4v) is 2.08. The third-order valence-electron chi connectivity index (χ3n) is 2.52. The summed E-state index contributed by atoms with van der Waals surface area (Å²) in [5.41, 5.74) is 0.370. The van der Waals surface area contributed by atoms with Gasteiger partial charge in [0, 0.05) is 19.2 Å². The van der Waals surface area contributed by atoms with Crippen LogP contribution >= 0.6 is 23.2 Å². The maximum Gasteiger partial charge on any atom is 0.272 e. The first kappa shape index (κ1) is 15.3. The molecule has 0 atom stereocenters. The number of nitro benzene ring substituents is 1. The molecule has 1 aromatic carbocycles. The largest absolute Gasteiger partial charge is 0.484 e. The lowest BCUT2D eigenvalue weighted by atomic mass is 10.3. The second kappa shape index (κ2) is 6.55. The topological polar surface area (TPSA) is 90.2 Å². The van der Waals surface area contributed by atoms with E-state index in [0.29, 0.717) is 11.5 Å². The van der Waals surface area contributed by atoms with Gasteiger partial charge in [0.1, 0.15) is 12.4 Å². The van der Waals surface area contributed by atoms with Gasteiger partial charge in [0.25, 0.3) is 5.69 Å². The number of non-ortho nitro benzene ring substituents is 1. The van der Waals surface area contributed by atoms with Crippen molar-refractivity contribution in [3.05, 3.63) is 50.4 Å². The quantitative estimate of drug-likeness (QED) is 0.668. The van der Waals surface area contributed by atoms with Crippen LogP contribution in [-0.4, -0.2) is 21.9 Å². The van der Waals surface area contributed by atoms with Crippen molar-refractivity contribution in [2.24, 2.45) is 0 Å². The number of anilines is 1. The number of halogens is 2. The molecule has 1 N–H and O–H groups in total. The molecule has 1 heterocycles. The highest BCUT2D eigenvalue weighted by atomic mass is 35.5. The van der Waals surface area contributed by atoms with Crippen molar-refractivity contribution in [3.63, 3.8) is 0 Å². The molecule has 0 bridgehead atoms. The van der Waals surface area contributed by atoms with E-state index in [1.165, 1.54) is 12.1 Å². The molecule has 0 aliphatic heterocycles. The van der Waals surface area contributed by atoms with E-state index in [9.17, 15) is 10.1 Å². The van der Waals surface area contributed by atoms with Gasteiger partial charge in [-0.3, -0.25) is 15.1 Å². The summed E-state index contributed by atoms with van der Waals surface area (Å²) in [7, 11) is 1.73. The van der Waals surface area contributed by atoms with Crippen molar-refractivity contribution in [1.29, 1.82) is 0 Å². The first-order chi connectivity index (χ1) is 10.0. The average molecular weight is 329 g/mol. The van der Waals surface area contributed by atoms with E-state index in [0.717, 1.165) is 0 Å². The Morgan fingerprint density at radius 1 is 1.29 bits per heavy atom. The predicted molar refractivity (Wildman–Crippen MR) is 79.0 cm³/mol. The number of nitro groups is 1. The minimum atomic E-state index is -0.580. The lowest BCUT2D eigenvalue weighted by Gasteiger charge is -2.09. The second-order valence-electron chi connectivity index (χ2n) is 3.93. The van der Waals surface area contributed by atoms with Crippen molar-refractivity contribution in [1.82, 2.24) is 9.97 Å². The monoisotopic (exact) mass is 328 g/mol. The lowest BCUT2D eigenvalue weighted by Crippen LogP contribution is -2.02. The maximum atomic E-state index is 10.7. The Labute approximate surface area is 130 Å². The third kappa shape index (κ3) is 3.71. The van der Waals surface area contributed by atoms with Gasteiger partial charge < -0.3 is 10.1 Å². The van der Waals surface area contributed by atoms with Crippen LogP contribution < -0.4 is 10.1 Å². The molecule has 0 aliphatic rings. The van der Waals surface area contributed by atoms with Gasteiger partial charge in [-0.1, -0.05) is 23.2 Å². The van der Waals surface area contributed by atoms with Gasteiger partial charge in [0.05, 0.1) is 33.1 Å². The van der Waals surface area contributed by atoms with E-state index in [4.69, 9.17) is 27.9 Å². The number of aromatic nitrogens is 2. The zero-order valence-electron chi connectivity index (χ0n) is 10.8. The molecular formula is C12H10Cl2N4O3. The first-order valence-corrected chi connectivity index (χ1v) is 6.51. The summed E-state index contributed by atoms with van der Waals surface area (Å²) in [5, 5.41) is 13.6. The van der Waals surface area contributed by atoms with Gasteiger partial charge in [0.15, 0.2) is 5.75 Å². The lowest BCUT2D eigenvalue weighted by molar-refractivity contribution is -0.384. The van der Waals surface area contributed by atoms with E-state index in [1.54, 1.807) is 19.4 Å². The SMILES string of the molecule is CNc1cnc(COc2c(Cl)cc([N+](=O)[O-])cc2Cl)cn1. The Kier molecular flexibility index (Phi) is 4.77. The summed E-state index contributed by atoms with van der Waals surface area (Å²) in [5.74, 6) is 0.800. The number of rotatable bonds is 5. The standard InChI is InChI=1S/C12H10Cl2N4O3/c1-15-11-5-16-7(4-17-11)6-21-12-9(13)2-8(18(19)20)3-10(12)14/h2-5H,6H2,1H3,(H,15,17). The summed E-state index contributed by atoms with van der Waals surface area (Å²) in [4.78, 5) is 18.3. The van der Waals surface area contributed by atoms with Crippen LogP contribution in [0, 0.1) is 10.1 Å². The fraction of sp³-hybridized carbons (Fsp3) is 0.167. The Hall–Kier alpha value is -2.12.